The van der Waals surface area contributed by atoms with Gasteiger partial charge >= 0.3 is 5.97 Å². The molecule has 0 aliphatic rings. The summed E-state index contributed by atoms with van der Waals surface area (Å²) in [7, 11) is 0. The Balaban J connectivity index is 1.82. The second-order valence-corrected chi connectivity index (χ2v) is 5.53. The van der Waals surface area contributed by atoms with Crippen molar-refractivity contribution >= 4 is 34.8 Å². The minimum Gasteiger partial charge on any atom is -0.478 e. The Bertz CT molecular complexity index is 972. The van der Waals surface area contributed by atoms with Gasteiger partial charge in [-0.15, -0.1) is 0 Å². The Hall–Kier alpha value is -3.74. The summed E-state index contributed by atoms with van der Waals surface area (Å²) >= 11 is 0. The van der Waals surface area contributed by atoms with E-state index in [1.54, 1.807) is 42.5 Å². The van der Waals surface area contributed by atoms with Crippen molar-refractivity contribution in [2.45, 2.75) is 6.92 Å². The van der Waals surface area contributed by atoms with E-state index in [2.05, 4.69) is 20.6 Å². The molecule has 0 radical (unpaired) electrons. The maximum atomic E-state index is 11.5. The van der Waals surface area contributed by atoms with Crippen LogP contribution >= 0.6 is 0 Å². The zero-order valence-corrected chi connectivity index (χ0v) is 13.9. The first-order valence-electron chi connectivity index (χ1n) is 7.82. The lowest BCUT2D eigenvalue weighted by atomic mass is 10.1. The molecular formula is C19H16N4O3. The van der Waals surface area contributed by atoms with Crippen molar-refractivity contribution < 1.29 is 14.7 Å². The van der Waals surface area contributed by atoms with E-state index in [-0.39, 0.29) is 11.3 Å². The molecule has 7 heteroatoms. The first-order chi connectivity index (χ1) is 12.5. The van der Waals surface area contributed by atoms with Crippen LogP contribution in [0, 0.1) is 0 Å². The summed E-state index contributed by atoms with van der Waals surface area (Å²) in [5.74, 6) is -0.0968. The number of rotatable bonds is 6. The van der Waals surface area contributed by atoms with E-state index in [0.29, 0.717) is 28.6 Å². The molecule has 2 aromatic carbocycles. The molecular weight excluding hydrogens is 332 g/mol. The Morgan fingerprint density at radius 2 is 1.65 bits per heavy atom. The summed E-state index contributed by atoms with van der Waals surface area (Å²) in [6, 6.07) is 15.3. The number of nitrogens with one attached hydrogen (secondary N) is 2. The van der Waals surface area contributed by atoms with Crippen LogP contribution in [0.3, 0.4) is 0 Å². The van der Waals surface area contributed by atoms with Gasteiger partial charge in [0, 0.05) is 17.3 Å². The number of carboxylic acid groups (broad SMARTS) is 1. The molecule has 0 aliphatic carbocycles. The van der Waals surface area contributed by atoms with Crippen molar-refractivity contribution in [2.24, 2.45) is 0 Å². The van der Waals surface area contributed by atoms with Gasteiger partial charge in [-0.1, -0.05) is 24.3 Å². The van der Waals surface area contributed by atoms with Crippen LogP contribution < -0.4 is 10.6 Å². The third-order valence-corrected chi connectivity index (χ3v) is 3.63. The molecule has 130 valence electrons. The molecule has 1 heterocycles. The number of anilines is 4. The van der Waals surface area contributed by atoms with E-state index in [4.69, 9.17) is 0 Å². The van der Waals surface area contributed by atoms with Crippen LogP contribution in [0.15, 0.2) is 60.9 Å². The number of para-hydroxylation sites is 1. The van der Waals surface area contributed by atoms with Crippen molar-refractivity contribution in [1.82, 2.24) is 9.97 Å². The number of hydrogen-bond donors (Lipinski definition) is 3. The second kappa shape index (κ2) is 7.43. The molecule has 0 bridgehead atoms. The van der Waals surface area contributed by atoms with Gasteiger partial charge in [0.25, 0.3) is 0 Å². The first kappa shape index (κ1) is 17.1. The van der Waals surface area contributed by atoms with Crippen LogP contribution in [0.2, 0.25) is 0 Å². The monoisotopic (exact) mass is 348 g/mol. The molecule has 0 atom stereocenters. The number of carbonyl (C=O) groups excluding carboxylic acids is 1. The normalized spacial score (nSPS) is 10.2. The van der Waals surface area contributed by atoms with Gasteiger partial charge < -0.3 is 15.7 Å². The highest BCUT2D eigenvalue weighted by Gasteiger charge is 2.10. The molecule has 3 rings (SSSR count). The molecule has 26 heavy (non-hydrogen) atoms. The zero-order valence-electron chi connectivity index (χ0n) is 13.9. The minimum absolute atomic E-state index is 0.0241. The third-order valence-electron chi connectivity index (χ3n) is 3.63. The van der Waals surface area contributed by atoms with Crippen molar-refractivity contribution in [1.29, 1.82) is 0 Å². The van der Waals surface area contributed by atoms with Crippen LogP contribution in [0.5, 0.6) is 0 Å². The summed E-state index contributed by atoms with van der Waals surface area (Å²) in [5.41, 5.74) is 1.89. The molecule has 7 nitrogen and oxygen atoms in total. The number of carboxylic acids is 1. The van der Waals surface area contributed by atoms with E-state index in [0.717, 1.165) is 0 Å². The van der Waals surface area contributed by atoms with Gasteiger partial charge in [-0.25, -0.2) is 14.8 Å². The molecule has 3 N–H and O–H groups in total. The molecule has 0 spiro atoms. The highest BCUT2D eigenvalue weighted by Crippen LogP contribution is 2.22. The van der Waals surface area contributed by atoms with Crippen molar-refractivity contribution in [2.75, 3.05) is 10.6 Å². The highest BCUT2D eigenvalue weighted by molar-refractivity contribution is 5.95. The maximum Gasteiger partial charge on any atom is 0.337 e. The highest BCUT2D eigenvalue weighted by atomic mass is 16.4. The van der Waals surface area contributed by atoms with Gasteiger partial charge in [0.05, 0.1) is 11.3 Å². The number of hydrogen-bond acceptors (Lipinski definition) is 6. The number of carbonyl (C=O) groups is 2. The molecule has 0 saturated heterocycles. The lowest BCUT2D eigenvalue weighted by Gasteiger charge is -2.11. The maximum absolute atomic E-state index is 11.5. The summed E-state index contributed by atoms with van der Waals surface area (Å²) in [6.45, 7) is 1.51. The average molecular weight is 348 g/mol. The average Bonchev–Trinajstić information content (AvgIpc) is 2.62. The molecule has 0 fully saturated rings. The number of nitrogens with zero attached hydrogens (tertiary/aromatic N) is 2. The van der Waals surface area contributed by atoms with Gasteiger partial charge in [-0.3, -0.25) is 4.79 Å². The Morgan fingerprint density at radius 1 is 0.923 bits per heavy atom. The van der Waals surface area contributed by atoms with Crippen LogP contribution in [0.1, 0.15) is 27.6 Å². The van der Waals surface area contributed by atoms with Gasteiger partial charge in [0.15, 0.2) is 5.78 Å². The number of ketones is 1. The molecule has 0 amide bonds. The predicted octanol–water partition coefficient (Wildman–Crippen LogP) is 3.86. The van der Waals surface area contributed by atoms with E-state index >= 15 is 0 Å². The van der Waals surface area contributed by atoms with Crippen LogP contribution in [-0.2, 0) is 0 Å². The molecule has 1 aromatic heterocycles. The number of aromatic carboxylic acids is 1. The van der Waals surface area contributed by atoms with Crippen LogP contribution in [0.4, 0.5) is 23.0 Å². The second-order valence-electron chi connectivity index (χ2n) is 5.53. The fourth-order valence-electron chi connectivity index (χ4n) is 2.37. The van der Waals surface area contributed by atoms with E-state index in [1.807, 2.05) is 6.07 Å². The molecule has 0 aliphatic heterocycles. The summed E-state index contributed by atoms with van der Waals surface area (Å²) in [6.07, 6.45) is 1.36. The third kappa shape index (κ3) is 4.02. The van der Waals surface area contributed by atoms with Gasteiger partial charge in [-0.2, -0.15) is 0 Å². The minimum atomic E-state index is -1.03. The standard InChI is InChI=1S/C19H16N4O3/c1-12(24)13-5-4-6-14(9-13)22-17-10-18(21-11-20-17)23-16-8-3-2-7-15(16)19(25)26/h2-11H,1H3,(H,25,26)(H2,20,21,22,23). The van der Waals surface area contributed by atoms with Crippen LogP contribution in [-0.4, -0.2) is 26.8 Å². The lowest BCUT2D eigenvalue weighted by Crippen LogP contribution is -2.04. The summed E-state index contributed by atoms with van der Waals surface area (Å²) in [5, 5.41) is 15.3. The Kier molecular flexibility index (Phi) is 4.89. The molecule has 0 saturated carbocycles. The first-order valence-corrected chi connectivity index (χ1v) is 7.82. The fourth-order valence-corrected chi connectivity index (χ4v) is 2.37. The van der Waals surface area contributed by atoms with Crippen LogP contribution in [0.25, 0.3) is 0 Å². The predicted molar refractivity (Wildman–Crippen MR) is 98.4 cm³/mol. The lowest BCUT2D eigenvalue weighted by molar-refractivity contribution is 0.0697. The topological polar surface area (TPSA) is 104 Å². The summed E-state index contributed by atoms with van der Waals surface area (Å²) < 4.78 is 0. The quantitative estimate of drug-likeness (QED) is 0.581. The smallest absolute Gasteiger partial charge is 0.337 e. The van der Waals surface area contributed by atoms with Gasteiger partial charge in [0.1, 0.15) is 18.0 Å². The van der Waals surface area contributed by atoms with Gasteiger partial charge in [-0.05, 0) is 31.2 Å². The molecule has 0 unspecified atom stereocenters. The Morgan fingerprint density at radius 3 is 2.38 bits per heavy atom. The Labute approximate surface area is 149 Å². The van der Waals surface area contributed by atoms with Gasteiger partial charge in [0.2, 0.25) is 0 Å². The van der Waals surface area contributed by atoms with Crippen molar-refractivity contribution in [3.05, 3.63) is 72.1 Å². The fraction of sp³-hybridized carbons (Fsp3) is 0.0526. The van der Waals surface area contributed by atoms with Crippen molar-refractivity contribution in [3.8, 4) is 0 Å². The zero-order chi connectivity index (χ0) is 18.5. The van der Waals surface area contributed by atoms with E-state index in [1.165, 1.54) is 19.3 Å². The van der Waals surface area contributed by atoms with E-state index < -0.39 is 5.97 Å². The number of benzene rings is 2. The SMILES string of the molecule is CC(=O)c1cccc(Nc2cc(Nc3ccccc3C(=O)O)ncn2)c1. The van der Waals surface area contributed by atoms with E-state index in [9.17, 15) is 14.7 Å². The number of aromatic nitrogens is 2. The largest absolute Gasteiger partial charge is 0.478 e. The number of Topliss-reactive ketones (excluding diaryl/α,β-unsaturated/α-hetero) is 1. The molecule has 3 aromatic rings. The summed E-state index contributed by atoms with van der Waals surface area (Å²) in [4.78, 5) is 31.0. The van der Waals surface area contributed by atoms with Crippen molar-refractivity contribution in [3.63, 3.8) is 0 Å².